The zero-order valence-electron chi connectivity index (χ0n) is 14.9. The Balaban J connectivity index is 1.75. The summed E-state index contributed by atoms with van der Waals surface area (Å²) in [5, 5.41) is 8.71. The van der Waals surface area contributed by atoms with E-state index in [0.29, 0.717) is 11.6 Å². The number of aromatic hydroxyl groups is 1. The van der Waals surface area contributed by atoms with Crippen LogP contribution in [0, 0.1) is 0 Å². The number of piperazine rings is 1. The zero-order valence-corrected chi connectivity index (χ0v) is 16.4. The molecular formula is C18H16ClF3N2O4S. The van der Waals surface area contributed by atoms with Gasteiger partial charge in [0.1, 0.15) is 5.75 Å². The van der Waals surface area contributed by atoms with E-state index in [4.69, 9.17) is 11.6 Å². The number of carbonyl (C=O) groups is 1. The molecule has 1 heterocycles. The third-order valence-corrected chi connectivity index (χ3v) is 6.75. The summed E-state index contributed by atoms with van der Waals surface area (Å²) in [4.78, 5) is 13.4. The van der Waals surface area contributed by atoms with Gasteiger partial charge in [-0.25, -0.2) is 8.42 Å². The Bertz CT molecular complexity index is 1020. The van der Waals surface area contributed by atoms with Crippen LogP contribution in [0.3, 0.4) is 0 Å². The molecule has 3 rings (SSSR count). The average molecular weight is 449 g/mol. The smallest absolute Gasteiger partial charge is 0.417 e. The van der Waals surface area contributed by atoms with E-state index < -0.39 is 31.7 Å². The van der Waals surface area contributed by atoms with E-state index in [0.717, 1.165) is 16.4 Å². The maximum absolute atomic E-state index is 13.0. The lowest BCUT2D eigenvalue weighted by atomic mass is 10.2. The normalized spacial score (nSPS) is 16.1. The third-order valence-electron chi connectivity index (χ3n) is 4.52. The summed E-state index contributed by atoms with van der Waals surface area (Å²) < 4.78 is 65.6. The van der Waals surface area contributed by atoms with Crippen LogP contribution < -0.4 is 0 Å². The number of carbonyl (C=O) groups excluding carboxylic acids is 1. The number of phenols is 1. The number of nitrogens with zero attached hydrogens (tertiary/aromatic N) is 2. The summed E-state index contributed by atoms with van der Waals surface area (Å²) in [5.74, 6) is -0.313. The van der Waals surface area contributed by atoms with E-state index in [2.05, 4.69) is 0 Å². The second kappa shape index (κ2) is 7.85. The van der Waals surface area contributed by atoms with Gasteiger partial charge in [0.05, 0.1) is 15.5 Å². The zero-order chi connectivity index (χ0) is 21.4. The molecule has 0 aliphatic carbocycles. The molecule has 0 radical (unpaired) electrons. The monoisotopic (exact) mass is 448 g/mol. The molecule has 0 atom stereocenters. The Hall–Kier alpha value is -2.30. The second-order valence-corrected chi connectivity index (χ2v) is 8.73. The van der Waals surface area contributed by atoms with Crippen LogP contribution in [0.2, 0.25) is 5.02 Å². The first-order valence-electron chi connectivity index (χ1n) is 8.45. The Kier molecular flexibility index (Phi) is 5.79. The molecule has 0 bridgehead atoms. The van der Waals surface area contributed by atoms with Crippen molar-refractivity contribution in [3.63, 3.8) is 0 Å². The van der Waals surface area contributed by atoms with Crippen molar-refractivity contribution in [3.05, 3.63) is 58.6 Å². The number of amides is 1. The minimum Gasteiger partial charge on any atom is -0.508 e. The van der Waals surface area contributed by atoms with Gasteiger partial charge in [0.25, 0.3) is 5.91 Å². The molecule has 1 aliphatic rings. The van der Waals surface area contributed by atoms with Crippen LogP contribution in [-0.4, -0.2) is 54.8 Å². The minimum absolute atomic E-state index is 0.0126. The van der Waals surface area contributed by atoms with Crippen molar-refractivity contribution < 1.29 is 31.5 Å². The van der Waals surface area contributed by atoms with Gasteiger partial charge in [0.15, 0.2) is 0 Å². The SMILES string of the molecule is O=C(c1ccc(O)cc1)N1CCN(S(=O)(=O)c2ccc(Cl)c(C(F)(F)F)c2)CC1. The van der Waals surface area contributed by atoms with Crippen molar-refractivity contribution >= 4 is 27.5 Å². The molecule has 0 aromatic heterocycles. The molecule has 0 spiro atoms. The van der Waals surface area contributed by atoms with Gasteiger partial charge in [0, 0.05) is 31.7 Å². The van der Waals surface area contributed by atoms with Crippen LogP contribution in [-0.2, 0) is 16.2 Å². The number of rotatable bonds is 3. The van der Waals surface area contributed by atoms with E-state index in [1.165, 1.54) is 29.2 Å². The highest BCUT2D eigenvalue weighted by Gasteiger charge is 2.36. The van der Waals surface area contributed by atoms with Gasteiger partial charge in [-0.1, -0.05) is 11.6 Å². The molecule has 11 heteroatoms. The van der Waals surface area contributed by atoms with Gasteiger partial charge in [-0.15, -0.1) is 0 Å². The molecule has 1 fully saturated rings. The Labute approximate surface area is 170 Å². The van der Waals surface area contributed by atoms with Crippen LogP contribution in [0.25, 0.3) is 0 Å². The Morgan fingerprint density at radius 1 is 1.00 bits per heavy atom. The number of phenolic OH excluding ortho intramolecular Hbond substituents is 1. The maximum atomic E-state index is 13.0. The maximum Gasteiger partial charge on any atom is 0.417 e. The van der Waals surface area contributed by atoms with Gasteiger partial charge in [-0.3, -0.25) is 4.79 Å². The highest BCUT2D eigenvalue weighted by molar-refractivity contribution is 7.89. The van der Waals surface area contributed by atoms with Crippen LogP contribution in [0.15, 0.2) is 47.4 Å². The minimum atomic E-state index is -4.78. The number of benzene rings is 2. The number of hydrogen-bond donors (Lipinski definition) is 1. The Morgan fingerprint density at radius 2 is 1.59 bits per heavy atom. The van der Waals surface area contributed by atoms with E-state index >= 15 is 0 Å². The second-order valence-electron chi connectivity index (χ2n) is 6.38. The molecule has 6 nitrogen and oxygen atoms in total. The number of alkyl halides is 3. The number of hydrogen-bond acceptors (Lipinski definition) is 4. The summed E-state index contributed by atoms with van der Waals surface area (Å²) >= 11 is 5.55. The van der Waals surface area contributed by atoms with Gasteiger partial charge >= 0.3 is 6.18 Å². The highest BCUT2D eigenvalue weighted by atomic mass is 35.5. The highest BCUT2D eigenvalue weighted by Crippen LogP contribution is 2.36. The van der Waals surface area contributed by atoms with E-state index in [1.54, 1.807) is 0 Å². The molecule has 1 N–H and O–H groups in total. The first kappa shape index (κ1) is 21.4. The van der Waals surface area contributed by atoms with Crippen LogP contribution in [0.4, 0.5) is 13.2 Å². The fourth-order valence-corrected chi connectivity index (χ4v) is 4.62. The van der Waals surface area contributed by atoms with Crippen LogP contribution in [0.1, 0.15) is 15.9 Å². The largest absolute Gasteiger partial charge is 0.508 e. The van der Waals surface area contributed by atoms with Gasteiger partial charge in [-0.2, -0.15) is 17.5 Å². The molecular weight excluding hydrogens is 433 g/mol. The summed E-state index contributed by atoms with van der Waals surface area (Å²) in [5.41, 5.74) is -0.881. The van der Waals surface area contributed by atoms with Gasteiger partial charge < -0.3 is 10.0 Å². The van der Waals surface area contributed by atoms with E-state index in [-0.39, 0.29) is 37.8 Å². The molecule has 29 heavy (non-hydrogen) atoms. The lowest BCUT2D eigenvalue weighted by Crippen LogP contribution is -2.50. The predicted molar refractivity (Wildman–Crippen MR) is 99.2 cm³/mol. The molecule has 2 aromatic rings. The van der Waals surface area contributed by atoms with Crippen molar-refractivity contribution in [3.8, 4) is 5.75 Å². The molecule has 1 aliphatic heterocycles. The summed E-state index contributed by atoms with van der Waals surface area (Å²) in [6, 6.07) is 8.09. The van der Waals surface area contributed by atoms with Gasteiger partial charge in [0.2, 0.25) is 10.0 Å². The summed E-state index contributed by atoms with van der Waals surface area (Å²) in [7, 11) is -4.18. The fourth-order valence-electron chi connectivity index (χ4n) is 2.95. The first-order valence-corrected chi connectivity index (χ1v) is 10.3. The predicted octanol–water partition coefficient (Wildman–Crippen LogP) is 3.21. The third kappa shape index (κ3) is 4.49. The van der Waals surface area contributed by atoms with Crippen LogP contribution in [0.5, 0.6) is 5.75 Å². The van der Waals surface area contributed by atoms with E-state index in [9.17, 15) is 31.5 Å². The van der Waals surface area contributed by atoms with E-state index in [1.807, 2.05) is 0 Å². The first-order chi connectivity index (χ1) is 13.5. The van der Waals surface area contributed by atoms with Crippen molar-refractivity contribution in [2.45, 2.75) is 11.1 Å². The van der Waals surface area contributed by atoms with Crippen LogP contribution >= 0.6 is 11.6 Å². The van der Waals surface area contributed by atoms with Gasteiger partial charge in [-0.05, 0) is 42.5 Å². The number of halogens is 4. The number of sulfonamides is 1. The standard InChI is InChI=1S/C18H16ClF3N2O4S/c19-16-6-5-14(11-15(16)18(20,21)22)29(27,28)24-9-7-23(8-10-24)17(26)12-1-3-13(25)4-2-12/h1-6,11,25H,7-10H2. The van der Waals surface area contributed by atoms with Crippen molar-refractivity contribution in [2.75, 3.05) is 26.2 Å². The summed E-state index contributed by atoms with van der Waals surface area (Å²) in [6.45, 7) is 0.0452. The average Bonchev–Trinajstić information content (AvgIpc) is 2.67. The lowest BCUT2D eigenvalue weighted by Gasteiger charge is -2.34. The van der Waals surface area contributed by atoms with Crippen molar-refractivity contribution in [2.24, 2.45) is 0 Å². The molecule has 0 saturated carbocycles. The lowest BCUT2D eigenvalue weighted by molar-refractivity contribution is -0.137. The molecule has 0 unspecified atom stereocenters. The fraction of sp³-hybridized carbons (Fsp3) is 0.278. The van der Waals surface area contributed by atoms with Crippen molar-refractivity contribution in [1.29, 1.82) is 0 Å². The van der Waals surface area contributed by atoms with Crippen molar-refractivity contribution in [1.82, 2.24) is 9.21 Å². The topological polar surface area (TPSA) is 77.9 Å². The summed E-state index contributed by atoms with van der Waals surface area (Å²) in [6.07, 6.45) is -4.78. The molecule has 156 valence electrons. The quantitative estimate of drug-likeness (QED) is 0.782. The molecule has 1 amide bonds. The molecule has 2 aromatic carbocycles. The molecule has 1 saturated heterocycles. The Morgan fingerprint density at radius 3 is 2.14 bits per heavy atom.